The highest BCUT2D eigenvalue weighted by Crippen LogP contribution is 2.17. The van der Waals surface area contributed by atoms with Crippen molar-refractivity contribution in [2.45, 2.75) is 19.6 Å². The summed E-state index contributed by atoms with van der Waals surface area (Å²) in [4.78, 5) is 33.9. The van der Waals surface area contributed by atoms with E-state index >= 15 is 0 Å². The molecule has 0 radical (unpaired) electrons. The molecule has 0 saturated heterocycles. The molecule has 0 aliphatic rings. The molecule has 4 aromatic heterocycles. The Balaban J connectivity index is 1.59. The molecule has 0 N–H and O–H groups in total. The first-order chi connectivity index (χ1) is 13.1. The Bertz CT molecular complexity index is 1080. The van der Waals surface area contributed by atoms with Gasteiger partial charge >= 0.3 is 0 Å². The highest BCUT2D eigenvalue weighted by Gasteiger charge is 2.18. The second-order valence-corrected chi connectivity index (χ2v) is 8.16. The maximum absolute atomic E-state index is 13.0. The normalized spacial score (nSPS) is 11.1. The summed E-state index contributed by atoms with van der Waals surface area (Å²) in [6.45, 7) is 0.991. The number of aromatic nitrogens is 4. The quantitative estimate of drug-likeness (QED) is 0.499. The maximum atomic E-state index is 13.0. The van der Waals surface area contributed by atoms with Gasteiger partial charge in [0.25, 0.3) is 5.56 Å². The summed E-state index contributed by atoms with van der Waals surface area (Å²) < 4.78 is 2.89. The summed E-state index contributed by atoms with van der Waals surface area (Å²) in [6.07, 6.45) is 2.90. The third-order valence-corrected chi connectivity index (χ3v) is 5.95. The summed E-state index contributed by atoms with van der Waals surface area (Å²) in [5.74, 6) is -0.121. The van der Waals surface area contributed by atoms with Gasteiger partial charge in [-0.25, -0.2) is 4.98 Å². The molecule has 7 nitrogen and oxygen atoms in total. The van der Waals surface area contributed by atoms with E-state index in [1.165, 1.54) is 17.1 Å². The fourth-order valence-electron chi connectivity index (χ4n) is 2.84. The van der Waals surface area contributed by atoms with Gasteiger partial charge in [-0.05, 0) is 22.9 Å². The van der Waals surface area contributed by atoms with Crippen LogP contribution >= 0.6 is 22.7 Å². The zero-order valence-electron chi connectivity index (χ0n) is 14.6. The molecular weight excluding hydrogens is 382 g/mol. The van der Waals surface area contributed by atoms with Crippen LogP contribution in [-0.2, 0) is 31.5 Å². The number of thiophene rings is 2. The van der Waals surface area contributed by atoms with Crippen molar-refractivity contribution in [3.05, 3.63) is 67.7 Å². The molecule has 0 saturated carbocycles. The van der Waals surface area contributed by atoms with E-state index in [2.05, 4.69) is 10.1 Å². The van der Waals surface area contributed by atoms with Crippen LogP contribution in [0.25, 0.3) is 11.0 Å². The Morgan fingerprint density at radius 1 is 1.15 bits per heavy atom. The first-order valence-corrected chi connectivity index (χ1v) is 10.1. The molecule has 9 heteroatoms. The van der Waals surface area contributed by atoms with E-state index in [-0.39, 0.29) is 18.0 Å². The van der Waals surface area contributed by atoms with E-state index in [4.69, 9.17) is 0 Å². The molecule has 1 amide bonds. The molecule has 0 atom stereocenters. The lowest BCUT2D eigenvalue weighted by Crippen LogP contribution is -2.35. The summed E-state index contributed by atoms with van der Waals surface area (Å²) in [6, 6.07) is 7.96. The average molecular weight is 400 g/mol. The fourth-order valence-corrected chi connectivity index (χ4v) is 4.28. The second kappa shape index (κ2) is 7.45. The lowest BCUT2D eigenvalue weighted by molar-refractivity contribution is -0.133. The third kappa shape index (κ3) is 3.69. The Morgan fingerprint density at radius 2 is 1.81 bits per heavy atom. The lowest BCUT2D eigenvalue weighted by Gasteiger charge is -2.22. The molecule has 4 heterocycles. The van der Waals surface area contributed by atoms with E-state index in [1.54, 1.807) is 39.3 Å². The number of aryl methyl sites for hydroxylation is 1. The monoisotopic (exact) mass is 399 g/mol. The van der Waals surface area contributed by atoms with Crippen molar-refractivity contribution in [2.75, 3.05) is 0 Å². The van der Waals surface area contributed by atoms with Gasteiger partial charge in [-0.1, -0.05) is 12.1 Å². The SMILES string of the molecule is Cn1ncc2c(=O)n(CC(=O)N(Cc3cccs3)Cc3cccs3)cnc21. The van der Waals surface area contributed by atoms with Crippen LogP contribution in [0.15, 0.2) is 52.3 Å². The zero-order chi connectivity index (χ0) is 18.8. The van der Waals surface area contributed by atoms with E-state index in [1.807, 2.05) is 35.0 Å². The van der Waals surface area contributed by atoms with Crippen LogP contribution in [0.2, 0.25) is 0 Å². The molecule has 0 aliphatic heterocycles. The van der Waals surface area contributed by atoms with E-state index < -0.39 is 0 Å². The molecule has 0 bridgehead atoms. The van der Waals surface area contributed by atoms with Crippen LogP contribution in [0.3, 0.4) is 0 Å². The molecule has 27 heavy (non-hydrogen) atoms. The van der Waals surface area contributed by atoms with Crippen molar-refractivity contribution in [1.29, 1.82) is 0 Å². The van der Waals surface area contributed by atoms with Crippen molar-refractivity contribution in [1.82, 2.24) is 24.2 Å². The summed E-state index contributed by atoms with van der Waals surface area (Å²) in [5.41, 5.74) is 0.256. The van der Waals surface area contributed by atoms with Crippen molar-refractivity contribution < 1.29 is 4.79 Å². The van der Waals surface area contributed by atoms with Crippen molar-refractivity contribution in [3.8, 4) is 0 Å². The molecule has 138 valence electrons. The van der Waals surface area contributed by atoms with E-state index in [0.717, 1.165) is 9.75 Å². The van der Waals surface area contributed by atoms with E-state index in [0.29, 0.717) is 24.1 Å². The van der Waals surface area contributed by atoms with Gasteiger partial charge in [0.1, 0.15) is 18.3 Å². The number of hydrogen-bond donors (Lipinski definition) is 0. The fraction of sp³-hybridized carbons (Fsp3) is 0.222. The van der Waals surface area contributed by atoms with Gasteiger partial charge in [-0.15, -0.1) is 22.7 Å². The van der Waals surface area contributed by atoms with Crippen molar-refractivity contribution in [3.63, 3.8) is 0 Å². The summed E-state index contributed by atoms with van der Waals surface area (Å²) >= 11 is 3.23. The van der Waals surface area contributed by atoms with Crippen LogP contribution < -0.4 is 5.56 Å². The van der Waals surface area contributed by atoms with Gasteiger partial charge in [-0.3, -0.25) is 18.8 Å². The van der Waals surface area contributed by atoms with Gasteiger partial charge in [0.05, 0.1) is 19.3 Å². The predicted molar refractivity (Wildman–Crippen MR) is 106 cm³/mol. The van der Waals surface area contributed by atoms with Crippen molar-refractivity contribution in [2.24, 2.45) is 7.05 Å². The van der Waals surface area contributed by atoms with Gasteiger partial charge in [0.2, 0.25) is 5.91 Å². The molecule has 4 aromatic rings. The molecule has 0 aromatic carbocycles. The first-order valence-electron chi connectivity index (χ1n) is 8.31. The van der Waals surface area contributed by atoms with E-state index in [9.17, 15) is 9.59 Å². The van der Waals surface area contributed by atoms with Crippen molar-refractivity contribution >= 4 is 39.6 Å². The lowest BCUT2D eigenvalue weighted by atomic mass is 10.3. The summed E-state index contributed by atoms with van der Waals surface area (Å²) in [7, 11) is 1.73. The Hall–Kier alpha value is -2.78. The van der Waals surface area contributed by atoms with Gasteiger partial charge in [-0.2, -0.15) is 5.10 Å². The topological polar surface area (TPSA) is 73.0 Å². The maximum Gasteiger partial charge on any atom is 0.264 e. The largest absolute Gasteiger partial charge is 0.331 e. The van der Waals surface area contributed by atoms with Crippen LogP contribution in [0.5, 0.6) is 0 Å². The standard InChI is InChI=1S/C18H17N5O2S2/c1-21-17-15(8-20-21)18(25)23(12-19-17)11-16(24)22(9-13-4-2-6-26-13)10-14-5-3-7-27-14/h2-8,12H,9-11H2,1H3. The molecule has 0 spiro atoms. The van der Waals surface area contributed by atoms with Gasteiger partial charge in [0.15, 0.2) is 5.65 Å². The number of amides is 1. The Labute approximate surface area is 163 Å². The minimum atomic E-state index is -0.256. The number of carbonyl (C=O) groups is 1. The third-order valence-electron chi connectivity index (χ3n) is 4.23. The highest BCUT2D eigenvalue weighted by atomic mass is 32.1. The van der Waals surface area contributed by atoms with Crippen LogP contribution in [-0.4, -0.2) is 30.1 Å². The highest BCUT2D eigenvalue weighted by molar-refractivity contribution is 7.10. The predicted octanol–water partition coefficient (Wildman–Crippen LogP) is 2.48. The Kier molecular flexibility index (Phi) is 4.87. The van der Waals surface area contributed by atoms with Gasteiger partial charge in [0, 0.05) is 16.8 Å². The molecule has 0 unspecified atom stereocenters. The molecule has 0 fully saturated rings. The summed E-state index contributed by atoms with van der Waals surface area (Å²) in [5, 5.41) is 8.46. The average Bonchev–Trinajstić information content (AvgIpc) is 3.40. The number of fused-ring (bicyclic) bond motifs is 1. The van der Waals surface area contributed by atoms with Crippen LogP contribution in [0, 0.1) is 0 Å². The smallest absolute Gasteiger partial charge is 0.264 e. The number of nitrogens with zero attached hydrogens (tertiary/aromatic N) is 5. The molecular formula is C18H17N5O2S2. The second-order valence-electron chi connectivity index (χ2n) is 6.09. The minimum Gasteiger partial charge on any atom is -0.331 e. The molecule has 0 aliphatic carbocycles. The first kappa shape index (κ1) is 17.6. The zero-order valence-corrected chi connectivity index (χ0v) is 16.2. The van der Waals surface area contributed by atoms with Crippen LogP contribution in [0.4, 0.5) is 0 Å². The Morgan fingerprint density at radius 3 is 2.41 bits per heavy atom. The minimum absolute atomic E-state index is 0.0482. The van der Waals surface area contributed by atoms with Crippen LogP contribution in [0.1, 0.15) is 9.75 Å². The molecule has 4 rings (SSSR count). The number of hydrogen-bond acceptors (Lipinski definition) is 6. The van der Waals surface area contributed by atoms with Gasteiger partial charge < -0.3 is 4.90 Å². The number of carbonyl (C=O) groups excluding carboxylic acids is 1. The number of rotatable bonds is 6.